The Morgan fingerprint density at radius 1 is 1.17 bits per heavy atom. The molecule has 4 nitrogen and oxygen atoms in total. The second-order valence-corrected chi connectivity index (χ2v) is 5.10. The molecular weight excluding hydrogens is 230 g/mol. The van der Waals surface area contributed by atoms with Crippen molar-refractivity contribution in [1.29, 1.82) is 0 Å². The summed E-state index contributed by atoms with van der Waals surface area (Å²) in [6.45, 7) is 6.96. The Balaban J connectivity index is 2.59. The van der Waals surface area contributed by atoms with E-state index in [1.54, 1.807) is 52.0 Å². The fourth-order valence-corrected chi connectivity index (χ4v) is 1.40. The number of nitrogens with one attached hydrogen (secondary N) is 1. The van der Waals surface area contributed by atoms with Crippen molar-refractivity contribution in [3.05, 3.63) is 35.9 Å². The maximum absolute atomic E-state index is 12.0. The fourth-order valence-electron chi connectivity index (χ4n) is 1.40. The first-order chi connectivity index (χ1) is 8.29. The van der Waals surface area contributed by atoms with Gasteiger partial charge >= 0.3 is 6.09 Å². The second kappa shape index (κ2) is 5.67. The molecule has 0 saturated heterocycles. The number of amides is 1. The zero-order valence-corrected chi connectivity index (χ0v) is 11.2. The van der Waals surface area contributed by atoms with Gasteiger partial charge in [-0.25, -0.2) is 4.79 Å². The Kier molecular flexibility index (Phi) is 4.48. The molecule has 1 aromatic carbocycles. The molecule has 0 bridgehead atoms. The number of carbonyl (C=O) groups excluding carboxylic acids is 2. The molecule has 98 valence electrons. The average molecular weight is 249 g/mol. The number of alkyl carbamates (subject to hydrolysis) is 1. The number of benzene rings is 1. The maximum atomic E-state index is 12.0. The van der Waals surface area contributed by atoms with E-state index in [9.17, 15) is 9.59 Å². The summed E-state index contributed by atoms with van der Waals surface area (Å²) in [7, 11) is 0. The highest BCUT2D eigenvalue weighted by molar-refractivity contribution is 6.01. The lowest BCUT2D eigenvalue weighted by Gasteiger charge is -2.21. The molecule has 1 amide bonds. The Bertz CT molecular complexity index is 420. The van der Waals surface area contributed by atoms with Crippen molar-refractivity contribution < 1.29 is 14.3 Å². The molecule has 0 unspecified atom stereocenters. The summed E-state index contributed by atoms with van der Waals surface area (Å²) in [5.41, 5.74) is 0.000581. The summed E-state index contributed by atoms with van der Waals surface area (Å²) in [5, 5.41) is 2.52. The van der Waals surface area contributed by atoms with Crippen molar-refractivity contribution in [2.75, 3.05) is 0 Å². The molecule has 1 aromatic rings. The first kappa shape index (κ1) is 14.2. The smallest absolute Gasteiger partial charge is 0.408 e. The van der Waals surface area contributed by atoms with E-state index in [0.717, 1.165) is 0 Å². The lowest BCUT2D eigenvalue weighted by Crippen LogP contribution is -2.41. The first-order valence-electron chi connectivity index (χ1n) is 5.88. The number of rotatable bonds is 3. The second-order valence-electron chi connectivity index (χ2n) is 5.10. The van der Waals surface area contributed by atoms with E-state index in [2.05, 4.69) is 5.32 Å². The number of Topliss-reactive ketones (excluding diaryl/α,β-unsaturated/α-hetero) is 1. The van der Waals surface area contributed by atoms with Gasteiger partial charge in [0.2, 0.25) is 0 Å². The van der Waals surface area contributed by atoms with Gasteiger partial charge in [-0.3, -0.25) is 4.79 Å². The summed E-state index contributed by atoms with van der Waals surface area (Å²) >= 11 is 0. The van der Waals surface area contributed by atoms with Gasteiger partial charge in [0.1, 0.15) is 5.60 Å². The van der Waals surface area contributed by atoms with Crippen LogP contribution < -0.4 is 5.32 Å². The molecule has 0 aliphatic heterocycles. The highest BCUT2D eigenvalue weighted by atomic mass is 16.6. The van der Waals surface area contributed by atoms with Gasteiger partial charge in [-0.05, 0) is 27.7 Å². The maximum Gasteiger partial charge on any atom is 0.408 e. The van der Waals surface area contributed by atoms with Crippen LogP contribution in [0.4, 0.5) is 4.79 Å². The van der Waals surface area contributed by atoms with Gasteiger partial charge < -0.3 is 10.1 Å². The number of carbonyl (C=O) groups is 2. The Morgan fingerprint density at radius 2 is 1.72 bits per heavy atom. The molecular formula is C14H19NO3. The molecule has 0 aromatic heterocycles. The fraction of sp³-hybridized carbons (Fsp3) is 0.429. The number of hydrogen-bond donors (Lipinski definition) is 1. The molecule has 0 aliphatic rings. The van der Waals surface area contributed by atoms with Crippen molar-refractivity contribution in [3.63, 3.8) is 0 Å². The quantitative estimate of drug-likeness (QED) is 0.838. The standard InChI is InChI=1S/C14H19NO3/c1-10(15-13(17)18-14(2,3)4)12(16)11-8-6-5-7-9-11/h5-10H,1-4H3,(H,15,17)/t10-/m1/s1. The predicted octanol–water partition coefficient (Wildman–Crippen LogP) is 2.78. The number of ether oxygens (including phenoxy) is 1. The molecule has 1 rings (SSSR count). The van der Waals surface area contributed by atoms with Gasteiger partial charge in [-0.1, -0.05) is 30.3 Å². The molecule has 1 atom stereocenters. The Morgan fingerprint density at radius 3 is 2.22 bits per heavy atom. The van der Waals surface area contributed by atoms with E-state index in [0.29, 0.717) is 5.56 Å². The minimum Gasteiger partial charge on any atom is -0.444 e. The number of ketones is 1. The van der Waals surface area contributed by atoms with Crippen LogP contribution in [-0.2, 0) is 4.74 Å². The minimum atomic E-state index is -0.609. The van der Waals surface area contributed by atoms with E-state index in [1.165, 1.54) is 0 Å². The molecule has 4 heteroatoms. The third-order valence-corrected chi connectivity index (χ3v) is 2.18. The van der Waals surface area contributed by atoms with Gasteiger partial charge in [-0.2, -0.15) is 0 Å². The van der Waals surface area contributed by atoms with Crippen molar-refractivity contribution in [2.45, 2.75) is 39.3 Å². The van der Waals surface area contributed by atoms with Gasteiger partial charge in [0, 0.05) is 5.56 Å². The molecule has 0 heterocycles. The molecule has 0 aliphatic carbocycles. The van der Waals surface area contributed by atoms with Crippen LogP contribution in [0.5, 0.6) is 0 Å². The van der Waals surface area contributed by atoms with Crippen LogP contribution in [0.15, 0.2) is 30.3 Å². The average Bonchev–Trinajstić information content (AvgIpc) is 2.26. The van der Waals surface area contributed by atoms with Crippen molar-refractivity contribution in [3.8, 4) is 0 Å². The van der Waals surface area contributed by atoms with Gasteiger partial charge in [0.05, 0.1) is 6.04 Å². The van der Waals surface area contributed by atoms with Crippen LogP contribution in [0.25, 0.3) is 0 Å². The SMILES string of the molecule is C[C@@H](NC(=O)OC(C)(C)C)C(=O)c1ccccc1. The summed E-state index contributed by atoms with van der Waals surface area (Å²) in [6, 6.07) is 8.23. The third-order valence-electron chi connectivity index (χ3n) is 2.18. The molecule has 0 saturated carbocycles. The normalized spacial score (nSPS) is 12.7. The molecule has 0 radical (unpaired) electrons. The van der Waals surface area contributed by atoms with Gasteiger partial charge in [-0.15, -0.1) is 0 Å². The largest absolute Gasteiger partial charge is 0.444 e. The highest BCUT2D eigenvalue weighted by Gasteiger charge is 2.21. The third kappa shape index (κ3) is 4.57. The Hall–Kier alpha value is -1.84. The zero-order valence-electron chi connectivity index (χ0n) is 11.2. The molecule has 1 N–H and O–H groups in total. The summed E-state index contributed by atoms with van der Waals surface area (Å²) in [4.78, 5) is 23.5. The molecule has 0 fully saturated rings. The zero-order chi connectivity index (χ0) is 13.8. The van der Waals surface area contributed by atoms with Crippen molar-refractivity contribution >= 4 is 11.9 Å². The van der Waals surface area contributed by atoms with E-state index >= 15 is 0 Å². The summed E-state index contributed by atoms with van der Waals surface area (Å²) in [6.07, 6.45) is -0.584. The van der Waals surface area contributed by atoms with Crippen LogP contribution in [0.2, 0.25) is 0 Å². The van der Waals surface area contributed by atoms with E-state index < -0.39 is 17.7 Å². The van der Waals surface area contributed by atoms with Crippen LogP contribution in [-0.4, -0.2) is 23.5 Å². The van der Waals surface area contributed by atoms with Crippen LogP contribution >= 0.6 is 0 Å². The first-order valence-corrected chi connectivity index (χ1v) is 5.88. The highest BCUT2D eigenvalue weighted by Crippen LogP contribution is 2.08. The summed E-state index contributed by atoms with van der Waals surface area (Å²) < 4.78 is 5.09. The van der Waals surface area contributed by atoms with Crippen LogP contribution in [0, 0.1) is 0 Å². The monoisotopic (exact) mass is 249 g/mol. The van der Waals surface area contributed by atoms with Crippen molar-refractivity contribution in [2.24, 2.45) is 0 Å². The van der Waals surface area contributed by atoms with E-state index in [-0.39, 0.29) is 5.78 Å². The topological polar surface area (TPSA) is 55.4 Å². The minimum absolute atomic E-state index is 0.138. The predicted molar refractivity (Wildman–Crippen MR) is 69.6 cm³/mol. The lowest BCUT2D eigenvalue weighted by molar-refractivity contribution is 0.0497. The van der Waals surface area contributed by atoms with Crippen LogP contribution in [0.1, 0.15) is 38.1 Å². The van der Waals surface area contributed by atoms with E-state index in [1.807, 2.05) is 6.07 Å². The molecule has 18 heavy (non-hydrogen) atoms. The Labute approximate surface area is 107 Å². The van der Waals surface area contributed by atoms with E-state index in [4.69, 9.17) is 4.74 Å². The van der Waals surface area contributed by atoms with Gasteiger partial charge in [0.25, 0.3) is 0 Å². The number of hydrogen-bond acceptors (Lipinski definition) is 3. The van der Waals surface area contributed by atoms with Crippen molar-refractivity contribution in [1.82, 2.24) is 5.32 Å². The lowest BCUT2D eigenvalue weighted by atomic mass is 10.1. The van der Waals surface area contributed by atoms with Gasteiger partial charge in [0.15, 0.2) is 5.78 Å². The molecule has 0 spiro atoms. The van der Waals surface area contributed by atoms with Crippen LogP contribution in [0.3, 0.4) is 0 Å². The summed E-state index contributed by atoms with van der Waals surface area (Å²) in [5.74, 6) is -0.138.